The minimum atomic E-state index is -2.99. The number of nitrogens with one attached hydrogen (secondary N) is 1. The number of carbonyl (C=O) groups is 1. The molecule has 1 saturated heterocycles. The van der Waals surface area contributed by atoms with Crippen LogP contribution >= 0.6 is 11.8 Å². The fraction of sp³-hybridized carbons (Fsp3) is 0.800. The second-order valence-electron chi connectivity index (χ2n) is 8.62. The Hall–Kier alpha value is -1.02. The SMILES string of the molecule is CCCCC1CCC(C(=O)Nc2c3c(nn2C2CCS(=O)(=O)C2)CSC3)CC1. The van der Waals surface area contributed by atoms with E-state index in [1.807, 2.05) is 4.68 Å². The maximum absolute atomic E-state index is 13.0. The molecule has 0 bridgehead atoms. The predicted octanol–water partition coefficient (Wildman–Crippen LogP) is 3.92. The lowest BCUT2D eigenvalue weighted by atomic mass is 9.79. The highest BCUT2D eigenvalue weighted by Crippen LogP contribution is 2.39. The molecule has 1 saturated carbocycles. The van der Waals surface area contributed by atoms with Crippen LogP contribution in [0.15, 0.2) is 0 Å². The molecule has 0 radical (unpaired) electrons. The third-order valence-corrected chi connectivity index (χ3v) is 9.28. The van der Waals surface area contributed by atoms with Gasteiger partial charge in [0.2, 0.25) is 5.91 Å². The van der Waals surface area contributed by atoms with Gasteiger partial charge in [-0.1, -0.05) is 26.2 Å². The van der Waals surface area contributed by atoms with Gasteiger partial charge in [0.25, 0.3) is 0 Å². The number of sulfone groups is 1. The fourth-order valence-electron chi connectivity index (χ4n) is 4.82. The second-order valence-corrected chi connectivity index (χ2v) is 11.8. The van der Waals surface area contributed by atoms with Crippen molar-refractivity contribution < 1.29 is 13.2 Å². The van der Waals surface area contributed by atoms with Crippen LogP contribution in [0.4, 0.5) is 5.82 Å². The maximum Gasteiger partial charge on any atom is 0.228 e. The van der Waals surface area contributed by atoms with E-state index in [1.54, 1.807) is 11.8 Å². The Kier molecular flexibility index (Phi) is 6.06. The van der Waals surface area contributed by atoms with E-state index in [4.69, 9.17) is 5.10 Å². The predicted molar refractivity (Wildman–Crippen MR) is 113 cm³/mol. The van der Waals surface area contributed by atoms with Crippen LogP contribution in [0.25, 0.3) is 0 Å². The third kappa shape index (κ3) is 4.27. The van der Waals surface area contributed by atoms with Crippen molar-refractivity contribution in [1.82, 2.24) is 9.78 Å². The fourth-order valence-corrected chi connectivity index (χ4v) is 7.55. The van der Waals surface area contributed by atoms with Gasteiger partial charge in [0.1, 0.15) is 5.82 Å². The van der Waals surface area contributed by atoms with Crippen molar-refractivity contribution in [1.29, 1.82) is 0 Å². The summed E-state index contributed by atoms with van der Waals surface area (Å²) in [5.41, 5.74) is 2.10. The zero-order chi connectivity index (χ0) is 19.7. The molecule has 1 N–H and O–H groups in total. The number of hydrogen-bond donors (Lipinski definition) is 1. The number of unbranched alkanes of at least 4 members (excludes halogenated alkanes) is 1. The molecule has 3 heterocycles. The number of amides is 1. The summed E-state index contributed by atoms with van der Waals surface area (Å²) in [6.07, 6.45) is 8.61. The molecule has 1 amide bonds. The molecular formula is C20H31N3O3S2. The minimum Gasteiger partial charge on any atom is -0.310 e. The Morgan fingerprint density at radius 2 is 2.00 bits per heavy atom. The van der Waals surface area contributed by atoms with Gasteiger partial charge >= 0.3 is 0 Å². The molecule has 1 unspecified atom stereocenters. The quantitative estimate of drug-likeness (QED) is 0.747. The zero-order valence-corrected chi connectivity index (χ0v) is 18.3. The first-order valence-corrected chi connectivity index (χ1v) is 13.6. The van der Waals surface area contributed by atoms with Gasteiger partial charge in [-0.25, -0.2) is 13.1 Å². The Balaban J connectivity index is 1.45. The lowest BCUT2D eigenvalue weighted by molar-refractivity contribution is -0.121. The van der Waals surface area contributed by atoms with Crippen molar-refractivity contribution in [2.45, 2.75) is 75.8 Å². The third-order valence-electron chi connectivity index (χ3n) is 6.56. The summed E-state index contributed by atoms with van der Waals surface area (Å²) in [5.74, 6) is 3.73. The first-order valence-electron chi connectivity index (χ1n) is 10.7. The van der Waals surface area contributed by atoms with Crippen LogP contribution in [0.3, 0.4) is 0 Å². The maximum atomic E-state index is 13.0. The molecule has 1 aliphatic carbocycles. The van der Waals surface area contributed by atoms with Gasteiger partial charge in [-0.05, 0) is 38.0 Å². The highest BCUT2D eigenvalue weighted by Gasteiger charge is 2.35. The van der Waals surface area contributed by atoms with Crippen LogP contribution in [0, 0.1) is 11.8 Å². The summed E-state index contributed by atoms with van der Waals surface area (Å²) in [4.78, 5) is 13.0. The van der Waals surface area contributed by atoms with E-state index in [0.717, 1.165) is 60.2 Å². The minimum absolute atomic E-state index is 0.0678. The van der Waals surface area contributed by atoms with E-state index >= 15 is 0 Å². The van der Waals surface area contributed by atoms with Crippen molar-refractivity contribution >= 4 is 33.3 Å². The summed E-state index contributed by atoms with van der Waals surface area (Å²) in [6, 6.07) is -0.152. The van der Waals surface area contributed by atoms with Crippen LogP contribution < -0.4 is 5.32 Å². The molecule has 8 heteroatoms. The van der Waals surface area contributed by atoms with Crippen molar-refractivity contribution in [2.75, 3.05) is 16.8 Å². The molecule has 1 aromatic rings. The molecule has 6 nitrogen and oxygen atoms in total. The van der Waals surface area contributed by atoms with Crippen molar-refractivity contribution in [3.8, 4) is 0 Å². The molecule has 4 rings (SSSR count). The van der Waals surface area contributed by atoms with Gasteiger partial charge in [-0.15, -0.1) is 0 Å². The van der Waals surface area contributed by atoms with Crippen molar-refractivity contribution in [3.05, 3.63) is 11.3 Å². The normalized spacial score (nSPS) is 29.0. The summed E-state index contributed by atoms with van der Waals surface area (Å²) in [6.45, 7) is 2.23. The van der Waals surface area contributed by atoms with Crippen LogP contribution in [-0.4, -0.2) is 35.6 Å². The smallest absolute Gasteiger partial charge is 0.228 e. The van der Waals surface area contributed by atoms with E-state index in [-0.39, 0.29) is 29.4 Å². The van der Waals surface area contributed by atoms with E-state index < -0.39 is 9.84 Å². The van der Waals surface area contributed by atoms with Gasteiger partial charge in [0, 0.05) is 23.0 Å². The monoisotopic (exact) mass is 425 g/mol. The Labute approximate surface area is 172 Å². The van der Waals surface area contributed by atoms with Gasteiger partial charge < -0.3 is 5.32 Å². The van der Waals surface area contributed by atoms with Gasteiger partial charge in [-0.3, -0.25) is 4.79 Å². The number of hydrogen-bond acceptors (Lipinski definition) is 5. The van der Waals surface area contributed by atoms with Crippen LogP contribution in [0.2, 0.25) is 0 Å². The first kappa shape index (κ1) is 20.3. The summed E-state index contributed by atoms with van der Waals surface area (Å²) in [5, 5.41) is 7.88. The lowest BCUT2D eigenvalue weighted by Crippen LogP contribution is -2.29. The van der Waals surface area contributed by atoms with Crippen LogP contribution in [0.1, 0.15) is 75.6 Å². The summed E-state index contributed by atoms with van der Waals surface area (Å²) in [7, 11) is -2.99. The number of rotatable bonds is 6. The number of nitrogens with zero attached hydrogens (tertiary/aromatic N) is 2. The Morgan fingerprint density at radius 3 is 2.68 bits per heavy atom. The average molecular weight is 426 g/mol. The Morgan fingerprint density at radius 1 is 1.21 bits per heavy atom. The molecule has 3 aliphatic rings. The van der Waals surface area contributed by atoms with E-state index in [2.05, 4.69) is 12.2 Å². The standard InChI is InChI=1S/C20H31N3O3S2/c1-2-3-4-14-5-7-15(8-6-14)20(24)21-19-17-11-27-12-18(17)22-23(19)16-9-10-28(25,26)13-16/h14-16H,2-13H2,1H3,(H,21,24). The molecule has 2 aliphatic heterocycles. The number of carbonyl (C=O) groups excluding carboxylic acids is 1. The molecular weight excluding hydrogens is 394 g/mol. The second kappa shape index (κ2) is 8.38. The largest absolute Gasteiger partial charge is 0.310 e. The summed E-state index contributed by atoms with van der Waals surface area (Å²) < 4.78 is 25.7. The first-order chi connectivity index (χ1) is 13.5. The van der Waals surface area contributed by atoms with Gasteiger partial charge in [0.05, 0.1) is 23.2 Å². The average Bonchev–Trinajstić information content (AvgIpc) is 3.36. The molecule has 2 fully saturated rings. The molecule has 1 atom stereocenters. The van der Waals surface area contributed by atoms with E-state index in [1.165, 1.54) is 19.3 Å². The molecule has 0 aromatic carbocycles. The van der Waals surface area contributed by atoms with Crippen LogP contribution in [0.5, 0.6) is 0 Å². The van der Waals surface area contributed by atoms with Crippen molar-refractivity contribution in [2.24, 2.45) is 11.8 Å². The Bertz CT molecular complexity index is 826. The number of anilines is 1. The zero-order valence-electron chi connectivity index (χ0n) is 16.7. The van der Waals surface area contributed by atoms with Gasteiger partial charge in [0.15, 0.2) is 9.84 Å². The lowest BCUT2D eigenvalue weighted by Gasteiger charge is -2.28. The number of aromatic nitrogens is 2. The molecule has 156 valence electrons. The van der Waals surface area contributed by atoms with Crippen LogP contribution in [-0.2, 0) is 26.1 Å². The van der Waals surface area contributed by atoms with Crippen molar-refractivity contribution in [3.63, 3.8) is 0 Å². The number of fused-ring (bicyclic) bond motifs is 1. The van der Waals surface area contributed by atoms with E-state index in [9.17, 15) is 13.2 Å². The highest BCUT2D eigenvalue weighted by atomic mass is 32.2. The highest BCUT2D eigenvalue weighted by molar-refractivity contribution is 7.98. The van der Waals surface area contributed by atoms with Gasteiger partial charge in [-0.2, -0.15) is 16.9 Å². The summed E-state index contributed by atoms with van der Waals surface area (Å²) >= 11 is 1.80. The molecule has 28 heavy (non-hydrogen) atoms. The molecule has 0 spiro atoms. The molecule has 1 aromatic heterocycles. The van der Waals surface area contributed by atoms with E-state index in [0.29, 0.717) is 6.42 Å². The topological polar surface area (TPSA) is 81.1 Å². The number of thioether (sulfide) groups is 1.